The van der Waals surface area contributed by atoms with Crippen LogP contribution < -0.4 is 5.32 Å². The lowest BCUT2D eigenvalue weighted by Gasteiger charge is -2.04. The molecule has 0 aromatic carbocycles. The van der Waals surface area contributed by atoms with E-state index in [2.05, 4.69) is 20.0 Å². The Bertz CT molecular complexity index is 592. The summed E-state index contributed by atoms with van der Waals surface area (Å²) in [7, 11) is 0. The molecule has 2 aromatic heterocycles. The molecule has 0 atom stereocenters. The van der Waals surface area contributed by atoms with Crippen LogP contribution in [0.1, 0.15) is 26.5 Å². The fourth-order valence-electron chi connectivity index (χ4n) is 1.38. The molecule has 0 saturated carbocycles. The molecule has 7 nitrogen and oxygen atoms in total. The molecular formula is C11H9N3O4. The summed E-state index contributed by atoms with van der Waals surface area (Å²) in [6, 6.07) is 2.69. The van der Waals surface area contributed by atoms with Crippen molar-refractivity contribution in [1.82, 2.24) is 10.1 Å². The second-order valence-electron chi connectivity index (χ2n) is 3.50. The number of carbonyl (C=O) groups is 2. The topological polar surface area (TPSA) is 105 Å². The third kappa shape index (κ3) is 2.34. The van der Waals surface area contributed by atoms with Crippen molar-refractivity contribution in [3.63, 3.8) is 0 Å². The first kappa shape index (κ1) is 11.8. The van der Waals surface area contributed by atoms with Crippen LogP contribution in [0.5, 0.6) is 0 Å². The molecule has 0 aliphatic carbocycles. The monoisotopic (exact) mass is 247 g/mol. The van der Waals surface area contributed by atoms with Gasteiger partial charge < -0.3 is 14.9 Å². The molecule has 7 heteroatoms. The van der Waals surface area contributed by atoms with Crippen LogP contribution in [-0.4, -0.2) is 27.1 Å². The van der Waals surface area contributed by atoms with Gasteiger partial charge in [-0.1, -0.05) is 5.16 Å². The molecular weight excluding hydrogens is 238 g/mol. The first-order valence-electron chi connectivity index (χ1n) is 4.99. The quantitative estimate of drug-likeness (QED) is 0.847. The number of nitrogens with zero attached hydrogens (tertiary/aromatic N) is 2. The van der Waals surface area contributed by atoms with Gasteiger partial charge in [-0.15, -0.1) is 0 Å². The maximum absolute atomic E-state index is 11.8. The number of aromatic carboxylic acids is 1. The zero-order valence-corrected chi connectivity index (χ0v) is 9.38. The molecule has 92 valence electrons. The predicted octanol–water partition coefficient (Wildman–Crippen LogP) is 1.33. The van der Waals surface area contributed by atoms with Crippen molar-refractivity contribution >= 4 is 17.6 Å². The minimum atomic E-state index is -1.08. The first-order chi connectivity index (χ1) is 8.58. The second-order valence-corrected chi connectivity index (χ2v) is 3.50. The SMILES string of the molecule is Cc1nc(C(=O)Nc2cnoc2)ccc1C(=O)O. The Labute approximate surface area is 101 Å². The molecule has 18 heavy (non-hydrogen) atoms. The van der Waals surface area contributed by atoms with Gasteiger partial charge in [-0.05, 0) is 19.1 Å². The van der Waals surface area contributed by atoms with Crippen molar-refractivity contribution in [2.45, 2.75) is 6.92 Å². The van der Waals surface area contributed by atoms with Crippen LogP contribution in [-0.2, 0) is 0 Å². The maximum atomic E-state index is 11.8. The molecule has 2 rings (SSSR count). The Balaban J connectivity index is 2.21. The number of carbonyl (C=O) groups excluding carboxylic acids is 1. The van der Waals surface area contributed by atoms with E-state index < -0.39 is 11.9 Å². The van der Waals surface area contributed by atoms with E-state index in [1.807, 2.05) is 0 Å². The van der Waals surface area contributed by atoms with Crippen LogP contribution in [0.3, 0.4) is 0 Å². The maximum Gasteiger partial charge on any atom is 0.337 e. The highest BCUT2D eigenvalue weighted by atomic mass is 16.5. The van der Waals surface area contributed by atoms with Crippen molar-refractivity contribution in [1.29, 1.82) is 0 Å². The highest BCUT2D eigenvalue weighted by molar-refractivity contribution is 6.03. The van der Waals surface area contributed by atoms with Gasteiger partial charge in [0.15, 0.2) is 0 Å². The molecule has 0 saturated heterocycles. The molecule has 1 amide bonds. The highest BCUT2D eigenvalue weighted by Gasteiger charge is 2.13. The van der Waals surface area contributed by atoms with E-state index in [-0.39, 0.29) is 17.0 Å². The lowest BCUT2D eigenvalue weighted by atomic mass is 10.2. The summed E-state index contributed by atoms with van der Waals surface area (Å²) >= 11 is 0. The van der Waals surface area contributed by atoms with Crippen LogP contribution in [0, 0.1) is 6.92 Å². The van der Waals surface area contributed by atoms with Gasteiger partial charge in [0.25, 0.3) is 5.91 Å². The Kier molecular flexibility index (Phi) is 3.05. The minimum absolute atomic E-state index is 0.0662. The number of anilines is 1. The van der Waals surface area contributed by atoms with Gasteiger partial charge in [0.05, 0.1) is 17.5 Å². The highest BCUT2D eigenvalue weighted by Crippen LogP contribution is 2.10. The van der Waals surface area contributed by atoms with Gasteiger partial charge in [0.1, 0.15) is 17.6 Å². The summed E-state index contributed by atoms with van der Waals surface area (Å²) in [5, 5.41) is 14.8. The van der Waals surface area contributed by atoms with Crippen molar-refractivity contribution in [2.75, 3.05) is 5.32 Å². The summed E-state index contributed by atoms with van der Waals surface area (Å²) in [6.07, 6.45) is 2.62. The van der Waals surface area contributed by atoms with Gasteiger partial charge >= 0.3 is 5.97 Å². The molecule has 2 aromatic rings. The Morgan fingerprint density at radius 2 is 2.17 bits per heavy atom. The standard InChI is InChI=1S/C11H9N3O4/c1-6-8(11(16)17)2-3-9(13-6)10(15)14-7-4-12-18-5-7/h2-5H,1H3,(H,14,15)(H,16,17). The molecule has 0 aliphatic rings. The van der Waals surface area contributed by atoms with E-state index in [9.17, 15) is 9.59 Å². The molecule has 0 aliphatic heterocycles. The summed E-state index contributed by atoms with van der Waals surface area (Å²) in [6.45, 7) is 1.53. The third-order valence-electron chi connectivity index (χ3n) is 2.24. The zero-order chi connectivity index (χ0) is 13.1. The number of pyridine rings is 1. The average molecular weight is 247 g/mol. The predicted molar refractivity (Wildman–Crippen MR) is 60.4 cm³/mol. The van der Waals surface area contributed by atoms with E-state index in [1.165, 1.54) is 31.5 Å². The minimum Gasteiger partial charge on any atom is -0.478 e. The Hall–Kier alpha value is -2.70. The fourth-order valence-corrected chi connectivity index (χ4v) is 1.38. The number of aromatic nitrogens is 2. The van der Waals surface area contributed by atoms with Crippen LogP contribution >= 0.6 is 0 Å². The zero-order valence-electron chi connectivity index (χ0n) is 9.38. The summed E-state index contributed by atoms with van der Waals surface area (Å²) < 4.78 is 4.56. The van der Waals surface area contributed by atoms with Crippen molar-refractivity contribution < 1.29 is 19.2 Å². The summed E-state index contributed by atoms with van der Waals surface area (Å²) in [4.78, 5) is 26.5. The number of rotatable bonds is 3. The normalized spacial score (nSPS) is 10.1. The van der Waals surface area contributed by atoms with Crippen molar-refractivity contribution in [2.24, 2.45) is 0 Å². The summed E-state index contributed by atoms with van der Waals surface area (Å²) in [5.41, 5.74) is 0.873. The number of carboxylic acid groups (broad SMARTS) is 1. The average Bonchev–Trinajstić information content (AvgIpc) is 2.81. The van der Waals surface area contributed by atoms with Gasteiger partial charge in [-0.3, -0.25) is 4.79 Å². The fraction of sp³-hybridized carbons (Fsp3) is 0.0909. The van der Waals surface area contributed by atoms with Crippen LogP contribution in [0.15, 0.2) is 29.1 Å². The van der Waals surface area contributed by atoms with Crippen molar-refractivity contribution in [3.8, 4) is 0 Å². The van der Waals surface area contributed by atoms with E-state index in [1.54, 1.807) is 0 Å². The number of hydrogen-bond donors (Lipinski definition) is 2. The second kappa shape index (κ2) is 4.66. The molecule has 0 unspecified atom stereocenters. The summed E-state index contributed by atoms with van der Waals surface area (Å²) in [5.74, 6) is -1.54. The molecule has 0 radical (unpaired) electrons. The number of amides is 1. The number of aryl methyl sites for hydroxylation is 1. The molecule has 0 bridgehead atoms. The molecule has 0 fully saturated rings. The van der Waals surface area contributed by atoms with Crippen molar-refractivity contribution in [3.05, 3.63) is 41.5 Å². The smallest absolute Gasteiger partial charge is 0.337 e. The molecule has 0 spiro atoms. The van der Waals surface area contributed by atoms with Crippen LogP contribution in [0.2, 0.25) is 0 Å². The van der Waals surface area contributed by atoms with Gasteiger partial charge in [0.2, 0.25) is 0 Å². The lowest BCUT2D eigenvalue weighted by Crippen LogP contribution is -2.15. The number of carboxylic acids is 1. The Morgan fingerprint density at radius 3 is 2.72 bits per heavy atom. The lowest BCUT2D eigenvalue weighted by molar-refractivity contribution is 0.0695. The number of nitrogens with one attached hydrogen (secondary N) is 1. The largest absolute Gasteiger partial charge is 0.478 e. The molecule has 2 N–H and O–H groups in total. The first-order valence-corrected chi connectivity index (χ1v) is 4.99. The van der Waals surface area contributed by atoms with Crippen LogP contribution in [0.25, 0.3) is 0 Å². The van der Waals surface area contributed by atoms with E-state index in [0.717, 1.165) is 0 Å². The van der Waals surface area contributed by atoms with Crippen LogP contribution in [0.4, 0.5) is 5.69 Å². The van der Waals surface area contributed by atoms with E-state index >= 15 is 0 Å². The van der Waals surface area contributed by atoms with Gasteiger partial charge in [-0.25, -0.2) is 9.78 Å². The third-order valence-corrected chi connectivity index (χ3v) is 2.24. The van der Waals surface area contributed by atoms with E-state index in [4.69, 9.17) is 5.11 Å². The number of hydrogen-bond acceptors (Lipinski definition) is 5. The molecule has 2 heterocycles. The van der Waals surface area contributed by atoms with Gasteiger partial charge in [-0.2, -0.15) is 0 Å². The Morgan fingerprint density at radius 1 is 1.39 bits per heavy atom. The van der Waals surface area contributed by atoms with Gasteiger partial charge in [0, 0.05) is 0 Å². The van der Waals surface area contributed by atoms with E-state index in [0.29, 0.717) is 5.69 Å².